The van der Waals surface area contributed by atoms with Crippen molar-refractivity contribution in [3.8, 4) is 0 Å². The molecule has 0 saturated carbocycles. The molecule has 0 radical (unpaired) electrons. The summed E-state index contributed by atoms with van der Waals surface area (Å²) in [6, 6.07) is 3.92. The van der Waals surface area contributed by atoms with E-state index in [-0.39, 0.29) is 10.9 Å². The minimum atomic E-state index is -3.52. The summed E-state index contributed by atoms with van der Waals surface area (Å²) in [7, 11) is -3.52. The number of hydrogen-bond acceptors (Lipinski definition) is 7. The first-order chi connectivity index (χ1) is 13.1. The molecule has 0 aromatic carbocycles. The van der Waals surface area contributed by atoms with Crippen molar-refractivity contribution in [1.82, 2.24) is 34.1 Å². The van der Waals surface area contributed by atoms with Crippen LogP contribution in [0.25, 0.3) is 5.65 Å². The second-order valence-electron chi connectivity index (χ2n) is 6.95. The summed E-state index contributed by atoms with van der Waals surface area (Å²) in [5.41, 5.74) is 0.724. The van der Waals surface area contributed by atoms with Gasteiger partial charge >= 0.3 is 0 Å². The number of piperidine rings is 1. The number of aromatic nitrogens is 6. The minimum Gasteiger partial charge on any atom is -0.355 e. The van der Waals surface area contributed by atoms with Crippen molar-refractivity contribution in [3.63, 3.8) is 0 Å². The predicted octanol–water partition coefficient (Wildman–Crippen LogP) is 0.626. The number of aromatic amines is 1. The minimum absolute atomic E-state index is 0.132. The largest absolute Gasteiger partial charge is 0.355 e. The van der Waals surface area contributed by atoms with Crippen molar-refractivity contribution in [3.05, 3.63) is 30.5 Å². The van der Waals surface area contributed by atoms with Crippen LogP contribution in [0.4, 0.5) is 5.82 Å². The monoisotopic (exact) mass is 388 g/mol. The van der Waals surface area contributed by atoms with Crippen LogP contribution in [0.2, 0.25) is 0 Å². The SMILES string of the molecule is O=S(=O)(c1cnc[nH]1)N1CCC(c2nnc3ccc(N4CCC4)nn23)CC1. The van der Waals surface area contributed by atoms with Gasteiger partial charge in [0.2, 0.25) is 0 Å². The summed E-state index contributed by atoms with van der Waals surface area (Å²) in [6.45, 7) is 2.93. The van der Waals surface area contributed by atoms with Gasteiger partial charge in [-0.05, 0) is 31.4 Å². The van der Waals surface area contributed by atoms with E-state index < -0.39 is 10.0 Å². The molecule has 3 aromatic rings. The van der Waals surface area contributed by atoms with Crippen LogP contribution >= 0.6 is 0 Å². The Hall–Kier alpha value is -2.53. The second kappa shape index (κ2) is 6.27. The fraction of sp³-hybridized carbons (Fsp3) is 0.500. The van der Waals surface area contributed by atoms with Gasteiger partial charge < -0.3 is 9.88 Å². The zero-order valence-corrected chi connectivity index (χ0v) is 15.5. The van der Waals surface area contributed by atoms with Gasteiger partial charge in [0.15, 0.2) is 16.5 Å². The van der Waals surface area contributed by atoms with Crippen LogP contribution in [-0.2, 0) is 10.0 Å². The topological polar surface area (TPSA) is 112 Å². The van der Waals surface area contributed by atoms with Gasteiger partial charge in [-0.2, -0.15) is 8.82 Å². The number of nitrogens with one attached hydrogen (secondary N) is 1. The number of sulfonamides is 1. The third-order valence-corrected chi connectivity index (χ3v) is 7.19. The highest BCUT2D eigenvalue weighted by molar-refractivity contribution is 7.89. The maximum Gasteiger partial charge on any atom is 0.260 e. The number of anilines is 1. The highest BCUT2D eigenvalue weighted by Crippen LogP contribution is 2.30. The van der Waals surface area contributed by atoms with Crippen LogP contribution in [0.3, 0.4) is 0 Å². The van der Waals surface area contributed by atoms with Gasteiger partial charge in [0.1, 0.15) is 5.82 Å². The van der Waals surface area contributed by atoms with Gasteiger partial charge in [-0.15, -0.1) is 15.3 Å². The van der Waals surface area contributed by atoms with Crippen molar-refractivity contribution in [2.45, 2.75) is 30.2 Å². The number of imidazole rings is 1. The maximum atomic E-state index is 12.6. The summed E-state index contributed by atoms with van der Waals surface area (Å²) < 4.78 is 28.5. The van der Waals surface area contributed by atoms with Gasteiger partial charge in [0.25, 0.3) is 10.0 Å². The molecule has 0 spiro atoms. The zero-order valence-electron chi connectivity index (χ0n) is 14.7. The molecule has 5 rings (SSSR count). The molecule has 5 heterocycles. The van der Waals surface area contributed by atoms with Crippen molar-refractivity contribution < 1.29 is 8.42 Å². The Morgan fingerprint density at radius 3 is 2.56 bits per heavy atom. The number of fused-ring (bicyclic) bond motifs is 1. The Balaban J connectivity index is 1.36. The summed E-state index contributed by atoms with van der Waals surface area (Å²) >= 11 is 0. The molecule has 0 amide bonds. The average molecular weight is 388 g/mol. The van der Waals surface area contributed by atoms with Crippen LogP contribution in [0.15, 0.2) is 29.7 Å². The van der Waals surface area contributed by atoms with E-state index in [9.17, 15) is 8.42 Å². The van der Waals surface area contributed by atoms with E-state index in [2.05, 4.69) is 25.1 Å². The van der Waals surface area contributed by atoms with Crippen LogP contribution in [0.1, 0.15) is 31.0 Å². The molecule has 142 valence electrons. The Kier molecular flexibility index (Phi) is 3.86. The van der Waals surface area contributed by atoms with E-state index in [1.807, 2.05) is 16.6 Å². The molecule has 10 nitrogen and oxygen atoms in total. The first kappa shape index (κ1) is 16.6. The van der Waals surface area contributed by atoms with Crippen molar-refractivity contribution in [2.24, 2.45) is 0 Å². The quantitative estimate of drug-likeness (QED) is 0.697. The average Bonchev–Trinajstić information content (AvgIpc) is 3.30. The highest BCUT2D eigenvalue weighted by Gasteiger charge is 2.32. The summed E-state index contributed by atoms with van der Waals surface area (Å²) in [5, 5.41) is 13.4. The van der Waals surface area contributed by atoms with Crippen LogP contribution in [0, 0.1) is 0 Å². The van der Waals surface area contributed by atoms with Crippen molar-refractivity contribution in [1.29, 1.82) is 0 Å². The molecule has 27 heavy (non-hydrogen) atoms. The van der Waals surface area contributed by atoms with Gasteiger partial charge in [-0.3, -0.25) is 0 Å². The lowest BCUT2D eigenvalue weighted by molar-refractivity contribution is 0.310. The molecule has 11 heteroatoms. The lowest BCUT2D eigenvalue weighted by Crippen LogP contribution is -2.39. The van der Waals surface area contributed by atoms with Gasteiger partial charge in [0.05, 0.1) is 12.5 Å². The summed E-state index contributed by atoms with van der Waals surface area (Å²) in [6.07, 6.45) is 5.28. The van der Waals surface area contributed by atoms with E-state index in [1.54, 1.807) is 0 Å². The van der Waals surface area contributed by atoms with E-state index in [0.717, 1.165) is 30.4 Å². The van der Waals surface area contributed by atoms with Crippen LogP contribution in [0.5, 0.6) is 0 Å². The highest BCUT2D eigenvalue weighted by atomic mass is 32.2. The van der Waals surface area contributed by atoms with Crippen LogP contribution < -0.4 is 4.90 Å². The first-order valence-corrected chi connectivity index (χ1v) is 10.5. The Morgan fingerprint density at radius 2 is 1.89 bits per heavy atom. The van der Waals surface area contributed by atoms with E-state index >= 15 is 0 Å². The molecule has 0 aliphatic carbocycles. The van der Waals surface area contributed by atoms with Crippen molar-refractivity contribution in [2.75, 3.05) is 31.1 Å². The third kappa shape index (κ3) is 2.77. The Morgan fingerprint density at radius 1 is 1.07 bits per heavy atom. The molecule has 0 bridgehead atoms. The molecule has 2 aliphatic heterocycles. The molecule has 0 unspecified atom stereocenters. The lowest BCUT2D eigenvalue weighted by Gasteiger charge is -2.32. The molecule has 3 aromatic heterocycles. The number of nitrogens with zero attached hydrogens (tertiary/aromatic N) is 7. The molecule has 2 fully saturated rings. The normalized spacial score (nSPS) is 19.5. The van der Waals surface area contributed by atoms with E-state index in [4.69, 9.17) is 5.10 Å². The lowest BCUT2D eigenvalue weighted by atomic mass is 9.97. The summed E-state index contributed by atoms with van der Waals surface area (Å²) in [5.74, 6) is 1.88. The van der Waals surface area contributed by atoms with Crippen LogP contribution in [-0.4, -0.2) is 68.7 Å². The van der Waals surface area contributed by atoms with E-state index in [0.29, 0.717) is 25.9 Å². The zero-order chi connectivity index (χ0) is 18.4. The third-order valence-electron chi connectivity index (χ3n) is 5.36. The number of H-pyrrole nitrogens is 1. The molecule has 1 N–H and O–H groups in total. The molecular formula is C16H20N8O2S. The molecule has 0 atom stereocenters. The van der Waals surface area contributed by atoms with Gasteiger partial charge in [-0.25, -0.2) is 13.4 Å². The molecular weight excluding hydrogens is 368 g/mol. The number of rotatable bonds is 4. The Labute approximate surface area is 156 Å². The van der Waals surface area contributed by atoms with Crippen molar-refractivity contribution >= 4 is 21.5 Å². The molecule has 2 aliphatic rings. The number of hydrogen-bond donors (Lipinski definition) is 1. The first-order valence-electron chi connectivity index (χ1n) is 9.09. The van der Waals surface area contributed by atoms with Gasteiger partial charge in [-0.1, -0.05) is 0 Å². The smallest absolute Gasteiger partial charge is 0.260 e. The Bertz CT molecular complexity index is 1050. The predicted molar refractivity (Wildman–Crippen MR) is 96.9 cm³/mol. The standard InChI is InChI=1S/C16H20N8O2S/c25-27(26,15-10-17-11-18-15)23-8-4-12(5-9-23)16-20-19-13-2-3-14(21-24(13)16)22-6-1-7-22/h2-3,10-12H,1,4-9H2,(H,17,18). The second-order valence-corrected chi connectivity index (χ2v) is 8.86. The van der Waals surface area contributed by atoms with Gasteiger partial charge in [0, 0.05) is 32.1 Å². The van der Waals surface area contributed by atoms with E-state index in [1.165, 1.54) is 23.3 Å². The fourth-order valence-corrected chi connectivity index (χ4v) is 5.01. The summed E-state index contributed by atoms with van der Waals surface area (Å²) in [4.78, 5) is 8.72. The molecule has 2 saturated heterocycles. The maximum absolute atomic E-state index is 12.6. The fourth-order valence-electron chi connectivity index (χ4n) is 3.64.